The van der Waals surface area contributed by atoms with Gasteiger partial charge in [0.15, 0.2) is 0 Å². The van der Waals surface area contributed by atoms with Crippen LogP contribution < -0.4 is 4.90 Å². The summed E-state index contributed by atoms with van der Waals surface area (Å²) in [7, 11) is 0. The number of para-hydroxylation sites is 1. The quantitative estimate of drug-likeness (QED) is 0.892. The lowest BCUT2D eigenvalue weighted by atomic mass is 10.2. The fraction of sp³-hybridized carbons (Fsp3) is 0.400. The Hall–Kier alpha value is -1.65. The van der Waals surface area contributed by atoms with Gasteiger partial charge in [-0.25, -0.2) is 4.98 Å². The molecule has 1 aromatic heterocycles. The minimum absolute atomic E-state index is 0.0500. The monoisotopic (exact) mass is 258 g/mol. The molecule has 2 atom stereocenters. The molecule has 3 rings (SSSR count). The summed E-state index contributed by atoms with van der Waals surface area (Å²) >= 11 is 0. The number of benzene rings is 1. The summed E-state index contributed by atoms with van der Waals surface area (Å²) < 4.78 is 5.66. The molecule has 100 valence electrons. The molecule has 0 radical (unpaired) electrons. The molecule has 2 aromatic rings. The highest BCUT2D eigenvalue weighted by Gasteiger charge is 2.25. The molecule has 19 heavy (non-hydrogen) atoms. The summed E-state index contributed by atoms with van der Waals surface area (Å²) in [6.07, 6.45) is -0.0174. The van der Waals surface area contributed by atoms with Crippen molar-refractivity contribution in [2.45, 2.75) is 19.1 Å². The van der Waals surface area contributed by atoms with Crippen molar-refractivity contribution in [1.82, 2.24) is 4.98 Å². The summed E-state index contributed by atoms with van der Waals surface area (Å²) in [5.41, 5.74) is 1.000. The van der Waals surface area contributed by atoms with Gasteiger partial charge in [0.05, 0.1) is 24.3 Å². The van der Waals surface area contributed by atoms with Gasteiger partial charge in [-0.1, -0.05) is 18.2 Å². The van der Waals surface area contributed by atoms with Gasteiger partial charge >= 0.3 is 0 Å². The van der Waals surface area contributed by atoms with Gasteiger partial charge in [-0.05, 0) is 25.1 Å². The van der Waals surface area contributed by atoms with Gasteiger partial charge < -0.3 is 14.7 Å². The first-order valence-corrected chi connectivity index (χ1v) is 6.63. The van der Waals surface area contributed by atoms with Gasteiger partial charge in [0.2, 0.25) is 0 Å². The van der Waals surface area contributed by atoms with Crippen LogP contribution in [0.5, 0.6) is 0 Å². The van der Waals surface area contributed by atoms with Crippen LogP contribution in [-0.4, -0.2) is 42.0 Å². The molecule has 0 amide bonds. The van der Waals surface area contributed by atoms with Crippen molar-refractivity contribution in [1.29, 1.82) is 0 Å². The summed E-state index contributed by atoms with van der Waals surface area (Å²) in [6.45, 7) is 3.57. The number of hydrogen-bond donors (Lipinski definition) is 1. The predicted molar refractivity (Wildman–Crippen MR) is 75.4 cm³/mol. The third-order valence-corrected chi connectivity index (χ3v) is 3.44. The molecule has 1 fully saturated rings. The van der Waals surface area contributed by atoms with Gasteiger partial charge in [-0.15, -0.1) is 0 Å². The number of morpholine rings is 1. The van der Waals surface area contributed by atoms with Gasteiger partial charge in [0, 0.05) is 18.5 Å². The van der Waals surface area contributed by atoms with E-state index in [1.54, 1.807) is 0 Å². The van der Waals surface area contributed by atoms with E-state index in [0.717, 1.165) is 23.3 Å². The Morgan fingerprint density at radius 1 is 1.26 bits per heavy atom. The van der Waals surface area contributed by atoms with Crippen LogP contribution in [0.25, 0.3) is 10.9 Å². The highest BCUT2D eigenvalue weighted by Crippen LogP contribution is 2.21. The minimum atomic E-state index is -0.128. The van der Waals surface area contributed by atoms with E-state index in [1.807, 2.05) is 31.2 Å². The summed E-state index contributed by atoms with van der Waals surface area (Å²) in [5.74, 6) is 0.951. The number of aliphatic hydroxyl groups excluding tert-OH is 1. The molecule has 1 N–H and O–H groups in total. The average molecular weight is 258 g/mol. The second kappa shape index (κ2) is 5.15. The number of aromatic nitrogens is 1. The fourth-order valence-electron chi connectivity index (χ4n) is 2.56. The smallest absolute Gasteiger partial charge is 0.129 e. The molecule has 4 nitrogen and oxygen atoms in total. The number of ether oxygens (including phenoxy) is 1. The topological polar surface area (TPSA) is 45.6 Å². The molecule has 0 bridgehead atoms. The number of fused-ring (bicyclic) bond motifs is 1. The molecule has 4 heteroatoms. The molecule has 1 aliphatic rings. The molecular formula is C15H18N2O2. The number of rotatable bonds is 2. The van der Waals surface area contributed by atoms with Crippen molar-refractivity contribution < 1.29 is 9.84 Å². The van der Waals surface area contributed by atoms with E-state index in [1.165, 1.54) is 0 Å². The Morgan fingerprint density at radius 3 is 2.95 bits per heavy atom. The van der Waals surface area contributed by atoms with E-state index in [4.69, 9.17) is 9.72 Å². The number of pyridine rings is 1. The van der Waals surface area contributed by atoms with Crippen LogP contribution in [0, 0.1) is 0 Å². The van der Waals surface area contributed by atoms with Crippen LogP contribution >= 0.6 is 0 Å². The van der Waals surface area contributed by atoms with Crippen LogP contribution in [0.4, 0.5) is 5.82 Å². The van der Waals surface area contributed by atoms with Gasteiger partial charge in [0.1, 0.15) is 5.82 Å². The Bertz CT molecular complexity index is 573. The normalized spacial score (nSPS) is 23.8. The summed E-state index contributed by atoms with van der Waals surface area (Å²) in [4.78, 5) is 6.87. The number of anilines is 1. The number of hydrogen-bond acceptors (Lipinski definition) is 4. The molecule has 1 aliphatic heterocycles. The standard InChI is InChI=1S/C15H18N2O2/c1-11-8-17(9-13(10-18)19-11)15-7-6-12-4-2-3-5-14(12)16-15/h2-7,11,13,18H,8-10H2,1H3. The SMILES string of the molecule is CC1CN(c2ccc3ccccc3n2)CC(CO)O1. The summed E-state index contributed by atoms with van der Waals surface area (Å²) in [6, 6.07) is 12.2. The molecule has 0 aliphatic carbocycles. The van der Waals surface area contributed by atoms with Crippen LogP contribution in [0.15, 0.2) is 36.4 Å². The van der Waals surface area contributed by atoms with E-state index in [-0.39, 0.29) is 18.8 Å². The minimum Gasteiger partial charge on any atom is -0.394 e. The maximum absolute atomic E-state index is 9.27. The van der Waals surface area contributed by atoms with Gasteiger partial charge in [0.25, 0.3) is 0 Å². The summed E-state index contributed by atoms with van der Waals surface area (Å²) in [5, 5.41) is 10.4. The van der Waals surface area contributed by atoms with Crippen molar-refractivity contribution in [2.24, 2.45) is 0 Å². The first-order chi connectivity index (χ1) is 9.26. The Kier molecular flexibility index (Phi) is 3.36. The van der Waals surface area contributed by atoms with Gasteiger partial charge in [-0.2, -0.15) is 0 Å². The van der Waals surface area contributed by atoms with E-state index < -0.39 is 0 Å². The Balaban J connectivity index is 1.90. The van der Waals surface area contributed by atoms with Crippen molar-refractivity contribution in [3.8, 4) is 0 Å². The molecule has 1 aromatic carbocycles. The van der Waals surface area contributed by atoms with E-state index >= 15 is 0 Å². The highest BCUT2D eigenvalue weighted by molar-refractivity contribution is 5.80. The van der Waals surface area contributed by atoms with Crippen molar-refractivity contribution in [2.75, 3.05) is 24.6 Å². The molecule has 1 saturated heterocycles. The van der Waals surface area contributed by atoms with Crippen LogP contribution in [0.3, 0.4) is 0 Å². The van der Waals surface area contributed by atoms with E-state index in [0.29, 0.717) is 6.54 Å². The van der Waals surface area contributed by atoms with Crippen molar-refractivity contribution >= 4 is 16.7 Å². The van der Waals surface area contributed by atoms with E-state index in [9.17, 15) is 5.11 Å². The lowest BCUT2D eigenvalue weighted by Gasteiger charge is -2.36. The second-order valence-electron chi connectivity index (χ2n) is 5.02. The van der Waals surface area contributed by atoms with Crippen LogP contribution in [-0.2, 0) is 4.74 Å². The van der Waals surface area contributed by atoms with E-state index in [2.05, 4.69) is 17.0 Å². The van der Waals surface area contributed by atoms with Crippen LogP contribution in [0.2, 0.25) is 0 Å². The average Bonchev–Trinajstić information content (AvgIpc) is 2.46. The zero-order valence-corrected chi connectivity index (χ0v) is 11.0. The third kappa shape index (κ3) is 2.55. The second-order valence-corrected chi connectivity index (χ2v) is 5.02. The van der Waals surface area contributed by atoms with Crippen molar-refractivity contribution in [3.63, 3.8) is 0 Å². The molecule has 0 saturated carbocycles. The first-order valence-electron chi connectivity index (χ1n) is 6.63. The largest absolute Gasteiger partial charge is 0.394 e. The molecule has 2 heterocycles. The van der Waals surface area contributed by atoms with Crippen molar-refractivity contribution in [3.05, 3.63) is 36.4 Å². The highest BCUT2D eigenvalue weighted by atomic mass is 16.5. The molecule has 2 unspecified atom stereocenters. The van der Waals surface area contributed by atoms with Crippen LogP contribution in [0.1, 0.15) is 6.92 Å². The Morgan fingerprint density at radius 2 is 2.11 bits per heavy atom. The number of nitrogens with zero attached hydrogens (tertiary/aromatic N) is 2. The predicted octanol–water partition coefficient (Wildman–Crippen LogP) is 1.82. The lowest BCUT2D eigenvalue weighted by Crippen LogP contribution is -2.48. The Labute approximate surface area is 112 Å². The first kappa shape index (κ1) is 12.4. The fourth-order valence-corrected chi connectivity index (χ4v) is 2.56. The lowest BCUT2D eigenvalue weighted by molar-refractivity contribution is -0.0422. The third-order valence-electron chi connectivity index (χ3n) is 3.44. The zero-order valence-electron chi connectivity index (χ0n) is 11.0. The van der Waals surface area contributed by atoms with Gasteiger partial charge in [-0.3, -0.25) is 0 Å². The number of aliphatic hydroxyl groups is 1. The zero-order chi connectivity index (χ0) is 13.2. The maximum atomic E-state index is 9.27. The maximum Gasteiger partial charge on any atom is 0.129 e. The molecule has 0 spiro atoms. The molecular weight excluding hydrogens is 240 g/mol.